The molecule has 0 aromatic rings. The number of rotatable bonds is 3. The van der Waals surface area contributed by atoms with Gasteiger partial charge in [0.2, 0.25) is 0 Å². The lowest BCUT2D eigenvalue weighted by molar-refractivity contribution is 0.0218. The summed E-state index contributed by atoms with van der Waals surface area (Å²) < 4.78 is 0. The fourth-order valence-electron chi connectivity index (χ4n) is 3.81. The van der Waals surface area contributed by atoms with Crippen molar-refractivity contribution < 1.29 is 0 Å². The highest BCUT2D eigenvalue weighted by atomic mass is 15.3. The molecule has 0 amide bonds. The summed E-state index contributed by atoms with van der Waals surface area (Å²) in [4.78, 5) is 5.32. The molecule has 0 bridgehead atoms. The molecule has 2 unspecified atom stereocenters. The third-order valence-electron chi connectivity index (χ3n) is 5.20. The third kappa shape index (κ3) is 1.69. The molecule has 0 radical (unpaired) electrons. The van der Waals surface area contributed by atoms with Crippen LogP contribution in [0.5, 0.6) is 0 Å². The summed E-state index contributed by atoms with van der Waals surface area (Å²) in [6.45, 7) is 3.46. The summed E-state index contributed by atoms with van der Waals surface area (Å²) in [5.74, 6) is 0. The fourth-order valence-corrected chi connectivity index (χ4v) is 3.81. The van der Waals surface area contributed by atoms with Crippen molar-refractivity contribution in [3.8, 4) is 0 Å². The molecule has 2 heterocycles. The highest BCUT2D eigenvalue weighted by molar-refractivity contribution is 5.04. The van der Waals surface area contributed by atoms with Gasteiger partial charge >= 0.3 is 0 Å². The Bertz CT molecular complexity index is 264. The van der Waals surface area contributed by atoms with E-state index in [2.05, 4.69) is 16.8 Å². The predicted octanol–water partition coefficient (Wildman–Crippen LogP) is 1.04. The first-order valence-corrected chi connectivity index (χ1v) is 6.92. The summed E-state index contributed by atoms with van der Waals surface area (Å²) in [6.07, 6.45) is 8.20. The lowest BCUT2D eigenvalue weighted by atomic mass is 9.81. The van der Waals surface area contributed by atoms with Gasteiger partial charge in [-0.25, -0.2) is 0 Å². The predicted molar refractivity (Wildman–Crippen MR) is 66.4 cm³/mol. The summed E-state index contributed by atoms with van der Waals surface area (Å²) in [5, 5.41) is 0. The number of nitrogens with two attached hydrogens (primary N) is 1. The Morgan fingerprint density at radius 3 is 2.81 bits per heavy atom. The molecule has 3 aliphatic rings. The molecule has 0 aromatic carbocycles. The van der Waals surface area contributed by atoms with Crippen molar-refractivity contribution in [1.29, 1.82) is 0 Å². The lowest BCUT2D eigenvalue weighted by Crippen LogP contribution is -2.60. The standard InChI is InChI=1S/C13H25N3/c1-15(11-4-5-11)13(10-14)6-8-16-7-2-3-12(16)9-13/h11-12H,2-10,14H2,1H3. The van der Waals surface area contributed by atoms with Crippen LogP contribution < -0.4 is 5.73 Å². The Kier molecular flexibility index (Phi) is 2.73. The van der Waals surface area contributed by atoms with E-state index >= 15 is 0 Å². The highest BCUT2D eigenvalue weighted by Crippen LogP contribution is 2.40. The van der Waals surface area contributed by atoms with Crippen LogP contribution in [0.4, 0.5) is 0 Å². The van der Waals surface area contributed by atoms with E-state index in [4.69, 9.17) is 5.73 Å². The molecule has 3 rings (SSSR count). The molecule has 3 nitrogen and oxygen atoms in total. The molecule has 0 aromatic heterocycles. The molecule has 2 atom stereocenters. The van der Waals surface area contributed by atoms with Crippen molar-refractivity contribution in [2.24, 2.45) is 5.73 Å². The van der Waals surface area contributed by atoms with Crippen LogP contribution in [0.1, 0.15) is 38.5 Å². The van der Waals surface area contributed by atoms with E-state index < -0.39 is 0 Å². The zero-order chi connectivity index (χ0) is 11.2. The number of fused-ring (bicyclic) bond motifs is 1. The van der Waals surface area contributed by atoms with Crippen molar-refractivity contribution in [3.63, 3.8) is 0 Å². The second-order valence-corrected chi connectivity index (χ2v) is 6.06. The largest absolute Gasteiger partial charge is 0.329 e. The van der Waals surface area contributed by atoms with Gasteiger partial charge in [-0.3, -0.25) is 4.90 Å². The van der Waals surface area contributed by atoms with E-state index in [1.807, 2.05) is 0 Å². The van der Waals surface area contributed by atoms with Crippen molar-refractivity contribution >= 4 is 0 Å². The topological polar surface area (TPSA) is 32.5 Å². The minimum atomic E-state index is 0.326. The van der Waals surface area contributed by atoms with Gasteiger partial charge in [0, 0.05) is 30.7 Å². The van der Waals surface area contributed by atoms with Gasteiger partial charge in [0.05, 0.1) is 0 Å². The minimum Gasteiger partial charge on any atom is -0.329 e. The molecule has 0 spiro atoms. The fraction of sp³-hybridized carbons (Fsp3) is 1.00. The Hall–Kier alpha value is -0.120. The van der Waals surface area contributed by atoms with E-state index in [0.717, 1.165) is 18.6 Å². The van der Waals surface area contributed by atoms with Crippen LogP contribution in [0.15, 0.2) is 0 Å². The number of nitrogens with zero attached hydrogens (tertiary/aromatic N) is 2. The van der Waals surface area contributed by atoms with Gasteiger partial charge in [-0.15, -0.1) is 0 Å². The van der Waals surface area contributed by atoms with Crippen LogP contribution in [0.25, 0.3) is 0 Å². The lowest BCUT2D eigenvalue weighted by Gasteiger charge is -2.49. The zero-order valence-electron chi connectivity index (χ0n) is 10.5. The van der Waals surface area contributed by atoms with Crippen LogP contribution in [0, 0.1) is 0 Å². The van der Waals surface area contributed by atoms with E-state index in [1.54, 1.807) is 0 Å². The molecule has 16 heavy (non-hydrogen) atoms. The maximum absolute atomic E-state index is 6.13. The molecule has 2 saturated heterocycles. The summed E-state index contributed by atoms with van der Waals surface area (Å²) in [5.41, 5.74) is 6.45. The average Bonchev–Trinajstić information content (AvgIpc) is 3.06. The molecule has 2 aliphatic heterocycles. The van der Waals surface area contributed by atoms with Gasteiger partial charge in [0.15, 0.2) is 0 Å². The Morgan fingerprint density at radius 2 is 2.12 bits per heavy atom. The summed E-state index contributed by atoms with van der Waals surface area (Å²) in [7, 11) is 2.31. The second kappa shape index (κ2) is 3.97. The molecular formula is C13H25N3. The van der Waals surface area contributed by atoms with E-state index in [9.17, 15) is 0 Å². The van der Waals surface area contributed by atoms with Crippen molar-refractivity contribution in [2.45, 2.75) is 56.1 Å². The van der Waals surface area contributed by atoms with E-state index in [-0.39, 0.29) is 0 Å². The molecule has 1 aliphatic carbocycles. The Morgan fingerprint density at radius 1 is 1.31 bits per heavy atom. The van der Waals surface area contributed by atoms with Crippen molar-refractivity contribution in [3.05, 3.63) is 0 Å². The first-order chi connectivity index (χ1) is 7.75. The van der Waals surface area contributed by atoms with Crippen LogP contribution in [-0.2, 0) is 0 Å². The van der Waals surface area contributed by atoms with Crippen molar-refractivity contribution in [1.82, 2.24) is 9.80 Å². The van der Waals surface area contributed by atoms with Crippen LogP contribution in [-0.4, -0.2) is 54.1 Å². The maximum Gasteiger partial charge on any atom is 0.0358 e. The summed E-state index contributed by atoms with van der Waals surface area (Å²) >= 11 is 0. The normalized spacial score (nSPS) is 40.3. The number of hydrogen-bond acceptors (Lipinski definition) is 3. The van der Waals surface area contributed by atoms with E-state index in [0.29, 0.717) is 5.54 Å². The number of likely N-dealkylation sites (N-methyl/N-ethyl adjacent to an activating group) is 1. The van der Waals surface area contributed by atoms with Crippen LogP contribution in [0.2, 0.25) is 0 Å². The molecule has 92 valence electrons. The molecular weight excluding hydrogens is 198 g/mol. The van der Waals surface area contributed by atoms with Gasteiger partial charge in [0.1, 0.15) is 0 Å². The van der Waals surface area contributed by atoms with Crippen LogP contribution >= 0.6 is 0 Å². The zero-order valence-corrected chi connectivity index (χ0v) is 10.5. The minimum absolute atomic E-state index is 0.326. The Balaban J connectivity index is 1.74. The quantitative estimate of drug-likeness (QED) is 0.776. The van der Waals surface area contributed by atoms with Crippen LogP contribution in [0.3, 0.4) is 0 Å². The second-order valence-electron chi connectivity index (χ2n) is 6.06. The molecule has 1 saturated carbocycles. The smallest absolute Gasteiger partial charge is 0.0358 e. The first-order valence-electron chi connectivity index (χ1n) is 6.92. The Labute approximate surface area is 99.0 Å². The molecule has 3 heteroatoms. The van der Waals surface area contributed by atoms with Gasteiger partial charge in [-0.05, 0) is 52.1 Å². The maximum atomic E-state index is 6.13. The van der Waals surface area contributed by atoms with E-state index in [1.165, 1.54) is 51.6 Å². The monoisotopic (exact) mass is 223 g/mol. The number of hydrogen-bond donors (Lipinski definition) is 1. The summed E-state index contributed by atoms with van der Waals surface area (Å²) in [6, 6.07) is 1.68. The SMILES string of the molecule is CN(C1CC1)C1(CN)CCN2CCCC2C1. The van der Waals surface area contributed by atoms with Crippen molar-refractivity contribution in [2.75, 3.05) is 26.7 Å². The molecule has 2 N–H and O–H groups in total. The average molecular weight is 223 g/mol. The molecule has 3 fully saturated rings. The van der Waals surface area contributed by atoms with Gasteiger partial charge < -0.3 is 10.6 Å². The number of piperidine rings is 1. The first kappa shape index (κ1) is 11.0. The third-order valence-corrected chi connectivity index (χ3v) is 5.20. The van der Waals surface area contributed by atoms with Gasteiger partial charge in [-0.1, -0.05) is 0 Å². The van der Waals surface area contributed by atoms with Gasteiger partial charge in [0.25, 0.3) is 0 Å². The highest BCUT2D eigenvalue weighted by Gasteiger charge is 2.46. The van der Waals surface area contributed by atoms with Gasteiger partial charge in [-0.2, -0.15) is 0 Å².